The Hall–Kier alpha value is -1.26. The van der Waals surface area contributed by atoms with E-state index in [0.717, 1.165) is 31.0 Å². The summed E-state index contributed by atoms with van der Waals surface area (Å²) in [6, 6.07) is 6.28. The molecule has 112 valence electrons. The summed E-state index contributed by atoms with van der Waals surface area (Å²) in [7, 11) is 3.47. The molecule has 1 unspecified atom stereocenters. The summed E-state index contributed by atoms with van der Waals surface area (Å²) in [6.07, 6.45) is 0.855. The molecule has 0 spiro atoms. The van der Waals surface area contributed by atoms with Gasteiger partial charge in [-0.1, -0.05) is 6.07 Å². The molecule has 0 aromatic heterocycles. The first kappa shape index (κ1) is 15.1. The molecule has 1 aromatic rings. The zero-order valence-corrected chi connectivity index (χ0v) is 13.1. The molecular weight excluding hydrogens is 254 g/mol. The van der Waals surface area contributed by atoms with E-state index in [4.69, 9.17) is 14.2 Å². The van der Waals surface area contributed by atoms with Gasteiger partial charge >= 0.3 is 0 Å². The van der Waals surface area contributed by atoms with Crippen LogP contribution in [0.3, 0.4) is 0 Å². The average Bonchev–Trinajstić information content (AvgIpc) is 2.39. The largest absolute Gasteiger partial charge is 0.481 e. The molecule has 0 N–H and O–H groups in total. The highest BCUT2D eigenvalue weighted by molar-refractivity contribution is 5.62. The van der Waals surface area contributed by atoms with E-state index in [1.54, 1.807) is 14.2 Å². The zero-order chi connectivity index (χ0) is 14.8. The topological polar surface area (TPSA) is 30.9 Å². The van der Waals surface area contributed by atoms with Crippen LogP contribution in [-0.2, 0) is 9.47 Å². The molecule has 4 nitrogen and oxygen atoms in total. The SMILES string of the molecule is COCCCN1c2cc(C)ccc2OC(C)(C)C1OC. The van der Waals surface area contributed by atoms with Crippen molar-refractivity contribution in [3.8, 4) is 5.75 Å². The van der Waals surface area contributed by atoms with Gasteiger partial charge in [0.15, 0.2) is 6.23 Å². The van der Waals surface area contributed by atoms with Crippen molar-refractivity contribution in [3.63, 3.8) is 0 Å². The number of rotatable bonds is 5. The molecule has 1 atom stereocenters. The maximum absolute atomic E-state index is 6.12. The van der Waals surface area contributed by atoms with Crippen molar-refractivity contribution in [2.75, 3.05) is 32.3 Å². The van der Waals surface area contributed by atoms with Crippen molar-refractivity contribution in [1.29, 1.82) is 0 Å². The van der Waals surface area contributed by atoms with Crippen molar-refractivity contribution in [3.05, 3.63) is 23.8 Å². The molecule has 1 heterocycles. The molecule has 0 saturated carbocycles. The maximum atomic E-state index is 6.12. The highest BCUT2D eigenvalue weighted by atomic mass is 16.6. The third-order valence-electron chi connectivity index (χ3n) is 3.65. The van der Waals surface area contributed by atoms with Gasteiger partial charge in [-0.2, -0.15) is 0 Å². The van der Waals surface area contributed by atoms with Crippen molar-refractivity contribution < 1.29 is 14.2 Å². The summed E-state index contributed by atoms with van der Waals surface area (Å²) in [5.74, 6) is 0.923. The lowest BCUT2D eigenvalue weighted by atomic mass is 10.0. The van der Waals surface area contributed by atoms with Gasteiger partial charge in [0.25, 0.3) is 0 Å². The van der Waals surface area contributed by atoms with E-state index in [2.05, 4.69) is 37.8 Å². The van der Waals surface area contributed by atoms with Crippen LogP contribution < -0.4 is 9.64 Å². The van der Waals surface area contributed by atoms with Gasteiger partial charge < -0.3 is 19.1 Å². The third kappa shape index (κ3) is 2.91. The number of fused-ring (bicyclic) bond motifs is 1. The lowest BCUT2D eigenvalue weighted by Gasteiger charge is -2.47. The second-order valence-corrected chi connectivity index (χ2v) is 5.80. The summed E-state index contributed by atoms with van der Waals surface area (Å²) < 4.78 is 17.0. The van der Waals surface area contributed by atoms with E-state index in [1.807, 2.05) is 6.07 Å². The molecule has 0 radical (unpaired) electrons. The molecular formula is C16H25NO3. The van der Waals surface area contributed by atoms with E-state index in [9.17, 15) is 0 Å². The van der Waals surface area contributed by atoms with Gasteiger partial charge in [-0.3, -0.25) is 0 Å². The molecule has 1 aliphatic heterocycles. The number of hydrogen-bond acceptors (Lipinski definition) is 4. The lowest BCUT2D eigenvalue weighted by molar-refractivity contribution is -0.0640. The number of hydrogen-bond donors (Lipinski definition) is 0. The van der Waals surface area contributed by atoms with Crippen LogP contribution >= 0.6 is 0 Å². The Balaban J connectivity index is 2.34. The minimum Gasteiger partial charge on any atom is -0.481 e. The average molecular weight is 279 g/mol. The van der Waals surface area contributed by atoms with Crippen LogP contribution in [0.2, 0.25) is 0 Å². The Bertz CT molecular complexity index is 459. The van der Waals surface area contributed by atoms with Crippen LogP contribution in [0.1, 0.15) is 25.8 Å². The summed E-state index contributed by atoms with van der Waals surface area (Å²) in [4.78, 5) is 2.28. The molecule has 0 aliphatic carbocycles. The van der Waals surface area contributed by atoms with Crippen molar-refractivity contribution >= 4 is 5.69 Å². The predicted octanol–water partition coefficient (Wildman–Crippen LogP) is 2.98. The van der Waals surface area contributed by atoms with Gasteiger partial charge in [0.2, 0.25) is 0 Å². The molecule has 0 bridgehead atoms. The number of methoxy groups -OCH3 is 2. The predicted molar refractivity (Wildman–Crippen MR) is 80.5 cm³/mol. The second-order valence-electron chi connectivity index (χ2n) is 5.80. The van der Waals surface area contributed by atoms with E-state index in [0.29, 0.717) is 0 Å². The molecule has 1 aliphatic rings. The molecule has 1 aromatic carbocycles. The monoisotopic (exact) mass is 279 g/mol. The second kappa shape index (κ2) is 6.02. The van der Waals surface area contributed by atoms with Crippen LogP contribution in [0.4, 0.5) is 5.69 Å². The highest BCUT2D eigenvalue weighted by Gasteiger charge is 2.42. The minimum atomic E-state index is -0.385. The molecule has 0 fully saturated rings. The summed E-state index contributed by atoms with van der Waals surface area (Å²) in [5.41, 5.74) is 1.94. The standard InChI is InChI=1S/C16H25NO3/c1-12-7-8-14-13(11-12)17(9-6-10-18-4)15(19-5)16(2,3)20-14/h7-8,11,15H,6,9-10H2,1-5H3. The smallest absolute Gasteiger partial charge is 0.169 e. The normalized spacial score (nSPS) is 20.4. The van der Waals surface area contributed by atoms with Crippen LogP contribution in [0.25, 0.3) is 0 Å². The Labute approximate surface area is 121 Å². The van der Waals surface area contributed by atoms with Crippen molar-refractivity contribution in [2.24, 2.45) is 0 Å². The fourth-order valence-corrected chi connectivity index (χ4v) is 2.80. The van der Waals surface area contributed by atoms with E-state index in [1.165, 1.54) is 5.56 Å². The van der Waals surface area contributed by atoms with E-state index < -0.39 is 0 Å². The Kier molecular flexibility index (Phi) is 4.55. The molecule has 2 rings (SSSR count). The number of nitrogens with zero attached hydrogens (tertiary/aromatic N) is 1. The first-order valence-electron chi connectivity index (χ1n) is 7.07. The number of anilines is 1. The number of benzene rings is 1. The lowest BCUT2D eigenvalue weighted by Crippen LogP contribution is -2.57. The van der Waals surface area contributed by atoms with Crippen LogP contribution in [0, 0.1) is 6.92 Å². The van der Waals surface area contributed by atoms with Gasteiger partial charge in [0, 0.05) is 27.4 Å². The van der Waals surface area contributed by atoms with E-state index >= 15 is 0 Å². The highest BCUT2D eigenvalue weighted by Crippen LogP contribution is 2.41. The minimum absolute atomic E-state index is 0.103. The Morgan fingerprint density at radius 2 is 2.05 bits per heavy atom. The van der Waals surface area contributed by atoms with Gasteiger partial charge in [-0.15, -0.1) is 0 Å². The first-order valence-corrected chi connectivity index (χ1v) is 7.07. The third-order valence-corrected chi connectivity index (χ3v) is 3.65. The fraction of sp³-hybridized carbons (Fsp3) is 0.625. The quantitative estimate of drug-likeness (QED) is 0.775. The molecule has 4 heteroatoms. The van der Waals surface area contributed by atoms with Crippen molar-refractivity contribution in [2.45, 2.75) is 39.0 Å². The van der Waals surface area contributed by atoms with Crippen molar-refractivity contribution in [1.82, 2.24) is 0 Å². The van der Waals surface area contributed by atoms with Crippen LogP contribution in [0.15, 0.2) is 18.2 Å². The van der Waals surface area contributed by atoms with Gasteiger partial charge in [-0.05, 0) is 44.9 Å². The van der Waals surface area contributed by atoms with Crippen LogP contribution in [0.5, 0.6) is 5.75 Å². The molecule has 20 heavy (non-hydrogen) atoms. The van der Waals surface area contributed by atoms with Gasteiger partial charge in [0.1, 0.15) is 11.4 Å². The number of ether oxygens (including phenoxy) is 3. The Morgan fingerprint density at radius 3 is 2.70 bits per heavy atom. The zero-order valence-electron chi connectivity index (χ0n) is 13.1. The fourth-order valence-electron chi connectivity index (χ4n) is 2.80. The maximum Gasteiger partial charge on any atom is 0.169 e. The van der Waals surface area contributed by atoms with Gasteiger partial charge in [0.05, 0.1) is 5.69 Å². The molecule has 0 saturated heterocycles. The first-order chi connectivity index (χ1) is 9.49. The van der Waals surface area contributed by atoms with E-state index in [-0.39, 0.29) is 11.8 Å². The molecule has 0 amide bonds. The van der Waals surface area contributed by atoms with Crippen LogP contribution in [-0.4, -0.2) is 39.2 Å². The summed E-state index contributed by atoms with van der Waals surface area (Å²) >= 11 is 0. The number of aryl methyl sites for hydroxylation is 1. The van der Waals surface area contributed by atoms with Gasteiger partial charge in [-0.25, -0.2) is 0 Å². The summed E-state index contributed by atoms with van der Waals surface area (Å²) in [6.45, 7) is 7.85. The Morgan fingerprint density at radius 1 is 1.30 bits per heavy atom. The summed E-state index contributed by atoms with van der Waals surface area (Å²) in [5, 5.41) is 0.